The Bertz CT molecular complexity index is 731. The first kappa shape index (κ1) is 22.4. The fourth-order valence-corrected chi connectivity index (χ4v) is 4.27. The van der Waals surface area contributed by atoms with E-state index in [9.17, 15) is 22.8 Å². The summed E-state index contributed by atoms with van der Waals surface area (Å²) in [6.07, 6.45) is 0.948. The number of carbonyl (C=O) groups is 2. The number of nitrogens with zero attached hydrogens (tertiary/aromatic N) is 1. The van der Waals surface area contributed by atoms with Gasteiger partial charge >= 0.3 is 6.36 Å². The zero-order valence-electron chi connectivity index (χ0n) is 16.8. The van der Waals surface area contributed by atoms with Crippen LogP contribution in [0.5, 0.6) is 5.75 Å². The number of ether oxygens (including phenoxy) is 1. The highest BCUT2D eigenvalue weighted by molar-refractivity contribution is 5.90. The molecule has 1 aromatic carbocycles. The molecule has 2 fully saturated rings. The highest BCUT2D eigenvalue weighted by Gasteiger charge is 2.34. The van der Waals surface area contributed by atoms with Crippen molar-refractivity contribution >= 4 is 17.5 Å². The van der Waals surface area contributed by atoms with Crippen molar-refractivity contribution in [2.45, 2.75) is 57.3 Å². The number of carbonyl (C=O) groups excluding carboxylic acids is 2. The molecule has 9 heteroatoms. The number of nitrogens with one attached hydrogen (secondary N) is 1. The summed E-state index contributed by atoms with van der Waals surface area (Å²) < 4.78 is 40.4. The Kier molecular flexibility index (Phi) is 7.23. The van der Waals surface area contributed by atoms with E-state index in [0.717, 1.165) is 50.7 Å². The molecule has 166 valence electrons. The lowest BCUT2D eigenvalue weighted by Crippen LogP contribution is -2.48. The second kappa shape index (κ2) is 9.68. The molecule has 2 unspecified atom stereocenters. The van der Waals surface area contributed by atoms with Crippen LogP contribution in [-0.2, 0) is 9.59 Å². The molecule has 0 aromatic heterocycles. The normalized spacial score (nSPS) is 23.1. The maximum Gasteiger partial charge on any atom is 0.573 e. The highest BCUT2D eigenvalue weighted by atomic mass is 19.4. The number of nitrogens with two attached hydrogens (primary N) is 1. The average molecular weight is 427 g/mol. The van der Waals surface area contributed by atoms with Crippen LogP contribution in [-0.4, -0.2) is 42.2 Å². The van der Waals surface area contributed by atoms with E-state index in [0.29, 0.717) is 25.2 Å². The zero-order chi connectivity index (χ0) is 21.7. The highest BCUT2D eigenvalue weighted by Crippen LogP contribution is 2.28. The minimum absolute atomic E-state index is 0.0531. The van der Waals surface area contributed by atoms with E-state index in [-0.39, 0.29) is 35.4 Å². The first-order valence-electron chi connectivity index (χ1n) is 10.4. The molecule has 1 aromatic rings. The lowest BCUT2D eigenvalue weighted by molar-refractivity contribution is -0.274. The molecular weight excluding hydrogens is 399 g/mol. The van der Waals surface area contributed by atoms with Crippen molar-refractivity contribution in [1.82, 2.24) is 4.90 Å². The molecule has 0 radical (unpaired) electrons. The number of alkyl halides is 3. The minimum atomic E-state index is -4.75. The zero-order valence-corrected chi connectivity index (χ0v) is 16.8. The predicted molar refractivity (Wildman–Crippen MR) is 106 cm³/mol. The van der Waals surface area contributed by atoms with Gasteiger partial charge in [-0.3, -0.25) is 9.59 Å². The van der Waals surface area contributed by atoms with Crippen molar-refractivity contribution in [1.29, 1.82) is 0 Å². The molecule has 1 saturated heterocycles. The largest absolute Gasteiger partial charge is 0.573 e. The van der Waals surface area contributed by atoms with Gasteiger partial charge < -0.3 is 20.7 Å². The maximum absolute atomic E-state index is 12.7. The molecule has 2 aliphatic rings. The van der Waals surface area contributed by atoms with Crippen molar-refractivity contribution < 1.29 is 27.5 Å². The summed E-state index contributed by atoms with van der Waals surface area (Å²) >= 11 is 0. The maximum atomic E-state index is 12.7. The van der Waals surface area contributed by atoms with Gasteiger partial charge in [0, 0.05) is 31.2 Å². The number of anilines is 1. The van der Waals surface area contributed by atoms with E-state index in [1.165, 1.54) is 12.1 Å². The van der Waals surface area contributed by atoms with Gasteiger partial charge in [-0.2, -0.15) is 0 Å². The van der Waals surface area contributed by atoms with Crippen LogP contribution < -0.4 is 15.8 Å². The van der Waals surface area contributed by atoms with Gasteiger partial charge in [0.25, 0.3) is 0 Å². The fourth-order valence-electron chi connectivity index (χ4n) is 4.27. The molecule has 2 atom stereocenters. The van der Waals surface area contributed by atoms with Crippen molar-refractivity contribution in [2.75, 3.05) is 18.4 Å². The number of piperidine rings is 1. The quantitative estimate of drug-likeness (QED) is 0.751. The van der Waals surface area contributed by atoms with E-state index in [4.69, 9.17) is 5.73 Å². The lowest BCUT2D eigenvalue weighted by atomic mass is 9.83. The van der Waals surface area contributed by atoms with Crippen molar-refractivity contribution in [3.8, 4) is 5.75 Å². The molecule has 1 aliphatic heterocycles. The van der Waals surface area contributed by atoms with E-state index < -0.39 is 6.36 Å². The Labute approximate surface area is 173 Å². The minimum Gasteiger partial charge on any atom is -0.406 e. The standard InChI is InChI=1S/C21H28F3N3O3/c22-21(23,24)30-16-7-5-15(6-8-16)26-19(28)13-14-9-11-27(12-10-14)20(29)17-3-1-2-4-18(17)25/h5-8,14,17-18H,1-4,9-13,25H2,(H,26,28). The third-order valence-corrected chi connectivity index (χ3v) is 5.91. The van der Waals surface area contributed by atoms with Gasteiger partial charge in [-0.1, -0.05) is 12.8 Å². The van der Waals surface area contributed by atoms with Crippen molar-refractivity contribution in [3.05, 3.63) is 24.3 Å². The Balaban J connectivity index is 1.42. The SMILES string of the molecule is NC1CCCCC1C(=O)N1CCC(CC(=O)Nc2ccc(OC(F)(F)F)cc2)CC1. The van der Waals surface area contributed by atoms with Gasteiger partial charge in [0.1, 0.15) is 5.75 Å². The summed E-state index contributed by atoms with van der Waals surface area (Å²) in [6.45, 7) is 1.26. The van der Waals surface area contributed by atoms with Gasteiger partial charge in [-0.15, -0.1) is 13.2 Å². The molecule has 0 spiro atoms. The topological polar surface area (TPSA) is 84.7 Å². The molecule has 3 N–H and O–H groups in total. The van der Waals surface area contributed by atoms with E-state index in [1.807, 2.05) is 4.90 Å². The smallest absolute Gasteiger partial charge is 0.406 e. The molecule has 0 bridgehead atoms. The van der Waals surface area contributed by atoms with Crippen LogP contribution in [0.3, 0.4) is 0 Å². The second-order valence-corrected chi connectivity index (χ2v) is 8.15. The monoisotopic (exact) mass is 427 g/mol. The second-order valence-electron chi connectivity index (χ2n) is 8.15. The third kappa shape index (κ3) is 6.35. The lowest BCUT2D eigenvalue weighted by Gasteiger charge is -2.37. The summed E-state index contributed by atoms with van der Waals surface area (Å²) in [4.78, 5) is 26.9. The van der Waals surface area contributed by atoms with Crippen molar-refractivity contribution in [2.24, 2.45) is 17.6 Å². The van der Waals surface area contributed by atoms with Crippen LogP contribution in [0, 0.1) is 11.8 Å². The summed E-state index contributed by atoms with van der Waals surface area (Å²) in [5.41, 5.74) is 6.54. The summed E-state index contributed by atoms with van der Waals surface area (Å²) in [5, 5.41) is 2.70. The summed E-state index contributed by atoms with van der Waals surface area (Å²) in [5.74, 6) is -0.301. The van der Waals surface area contributed by atoms with Crippen LogP contribution in [0.2, 0.25) is 0 Å². The van der Waals surface area contributed by atoms with Crippen LogP contribution in [0.1, 0.15) is 44.9 Å². The van der Waals surface area contributed by atoms with Gasteiger partial charge in [-0.25, -0.2) is 0 Å². The Morgan fingerprint density at radius 1 is 1.07 bits per heavy atom. The first-order chi connectivity index (χ1) is 14.2. The Morgan fingerprint density at radius 2 is 1.70 bits per heavy atom. The van der Waals surface area contributed by atoms with Gasteiger partial charge in [0.05, 0.1) is 5.92 Å². The first-order valence-corrected chi connectivity index (χ1v) is 10.4. The number of benzene rings is 1. The summed E-state index contributed by atoms with van der Waals surface area (Å²) in [6, 6.07) is 5.00. The van der Waals surface area contributed by atoms with E-state index in [2.05, 4.69) is 10.1 Å². The van der Waals surface area contributed by atoms with Gasteiger partial charge in [0.2, 0.25) is 11.8 Å². The van der Waals surface area contributed by atoms with Crippen molar-refractivity contribution in [3.63, 3.8) is 0 Å². The Morgan fingerprint density at radius 3 is 2.30 bits per heavy atom. The molecule has 3 rings (SSSR count). The Hall–Kier alpha value is -2.29. The fraction of sp³-hybridized carbons (Fsp3) is 0.619. The number of likely N-dealkylation sites (tertiary alicyclic amines) is 1. The van der Waals surface area contributed by atoms with Crippen LogP contribution in [0.15, 0.2) is 24.3 Å². The van der Waals surface area contributed by atoms with E-state index in [1.54, 1.807) is 0 Å². The third-order valence-electron chi connectivity index (χ3n) is 5.91. The van der Waals surface area contributed by atoms with Gasteiger partial charge in [0.15, 0.2) is 0 Å². The predicted octanol–water partition coefficient (Wildman–Crippen LogP) is 3.67. The molecule has 1 heterocycles. The number of rotatable bonds is 5. The molecule has 1 saturated carbocycles. The number of halogens is 3. The number of hydrogen-bond acceptors (Lipinski definition) is 4. The molecule has 30 heavy (non-hydrogen) atoms. The van der Waals surface area contributed by atoms with E-state index >= 15 is 0 Å². The average Bonchev–Trinajstić information content (AvgIpc) is 2.69. The molecule has 2 amide bonds. The molecule has 6 nitrogen and oxygen atoms in total. The molecule has 1 aliphatic carbocycles. The van der Waals surface area contributed by atoms with Crippen LogP contribution >= 0.6 is 0 Å². The molecular formula is C21H28F3N3O3. The van der Waals surface area contributed by atoms with Crippen LogP contribution in [0.4, 0.5) is 18.9 Å². The number of hydrogen-bond donors (Lipinski definition) is 2. The number of amides is 2. The van der Waals surface area contributed by atoms with Gasteiger partial charge in [-0.05, 0) is 55.9 Å². The van der Waals surface area contributed by atoms with Crippen LogP contribution in [0.25, 0.3) is 0 Å². The summed E-state index contributed by atoms with van der Waals surface area (Å²) in [7, 11) is 0.